The summed E-state index contributed by atoms with van der Waals surface area (Å²) in [7, 11) is 0. The van der Waals surface area contributed by atoms with Gasteiger partial charge in [0.1, 0.15) is 0 Å². The summed E-state index contributed by atoms with van der Waals surface area (Å²) in [6.45, 7) is 3.91. The van der Waals surface area contributed by atoms with Crippen LogP contribution in [0.4, 0.5) is 0 Å². The van der Waals surface area contributed by atoms with Gasteiger partial charge in [-0.1, -0.05) is 36.2 Å². The molecule has 0 bridgehead atoms. The van der Waals surface area contributed by atoms with Gasteiger partial charge in [-0.25, -0.2) is 0 Å². The zero-order valence-corrected chi connectivity index (χ0v) is 10.5. The normalized spacial score (nSPS) is 15.0. The van der Waals surface area contributed by atoms with Gasteiger partial charge in [-0.05, 0) is 43.4 Å². The lowest BCUT2D eigenvalue weighted by Gasteiger charge is -2.14. The van der Waals surface area contributed by atoms with Gasteiger partial charge in [0.05, 0.1) is 6.10 Å². The average Bonchev–Trinajstić information content (AvgIpc) is 2.08. The second kappa shape index (κ2) is 5.74. The first-order valence-electron chi connectivity index (χ1n) is 5.11. The van der Waals surface area contributed by atoms with E-state index in [2.05, 4.69) is 6.92 Å². The minimum absolute atomic E-state index is 0.258. The zero-order chi connectivity index (χ0) is 11.4. The van der Waals surface area contributed by atoms with Crippen LogP contribution in [0.5, 0.6) is 0 Å². The number of benzene rings is 1. The minimum Gasteiger partial charge on any atom is -0.393 e. The lowest BCUT2D eigenvalue weighted by molar-refractivity contribution is 0.164. The first-order valence-corrected chi connectivity index (χ1v) is 5.86. The Kier molecular flexibility index (Phi) is 4.91. The van der Waals surface area contributed by atoms with Gasteiger partial charge in [0, 0.05) is 10.0 Å². The van der Waals surface area contributed by atoms with Crippen molar-refractivity contribution in [2.75, 3.05) is 0 Å². The maximum atomic E-state index is 9.26. The molecule has 0 aliphatic carbocycles. The fourth-order valence-electron chi connectivity index (χ4n) is 1.73. The Bertz CT molecular complexity index is 323. The summed E-state index contributed by atoms with van der Waals surface area (Å²) >= 11 is 11.9. The quantitative estimate of drug-likeness (QED) is 0.854. The highest BCUT2D eigenvalue weighted by Crippen LogP contribution is 2.24. The number of aliphatic hydroxyl groups is 1. The molecule has 0 aromatic heterocycles. The van der Waals surface area contributed by atoms with Gasteiger partial charge < -0.3 is 5.11 Å². The third-order valence-corrected chi connectivity index (χ3v) is 2.91. The van der Waals surface area contributed by atoms with Crippen molar-refractivity contribution in [3.8, 4) is 0 Å². The van der Waals surface area contributed by atoms with Gasteiger partial charge >= 0.3 is 0 Å². The molecule has 0 aliphatic rings. The van der Waals surface area contributed by atoms with Gasteiger partial charge in [-0.3, -0.25) is 0 Å². The lowest BCUT2D eigenvalue weighted by Crippen LogP contribution is -2.09. The molecule has 2 atom stereocenters. The lowest BCUT2D eigenvalue weighted by atomic mass is 9.96. The molecule has 0 aliphatic heterocycles. The first kappa shape index (κ1) is 12.8. The Hall–Kier alpha value is -0.240. The molecular weight excluding hydrogens is 231 g/mol. The van der Waals surface area contributed by atoms with E-state index in [0.29, 0.717) is 16.0 Å². The number of halogens is 2. The van der Waals surface area contributed by atoms with E-state index in [-0.39, 0.29) is 6.10 Å². The highest BCUT2D eigenvalue weighted by atomic mass is 35.5. The minimum atomic E-state index is -0.258. The van der Waals surface area contributed by atoms with Crippen molar-refractivity contribution in [3.05, 3.63) is 33.8 Å². The smallest absolute Gasteiger partial charge is 0.0514 e. The van der Waals surface area contributed by atoms with Crippen LogP contribution in [0, 0.1) is 5.92 Å². The van der Waals surface area contributed by atoms with E-state index in [4.69, 9.17) is 23.2 Å². The molecule has 0 heterocycles. The summed E-state index contributed by atoms with van der Waals surface area (Å²) in [6.07, 6.45) is 1.41. The van der Waals surface area contributed by atoms with Gasteiger partial charge in [0.15, 0.2) is 0 Å². The third kappa shape index (κ3) is 4.42. The predicted octanol–water partition coefficient (Wildman–Crippen LogP) is 3.94. The van der Waals surface area contributed by atoms with Crippen molar-refractivity contribution in [2.24, 2.45) is 5.92 Å². The van der Waals surface area contributed by atoms with Crippen LogP contribution in [-0.2, 0) is 6.42 Å². The van der Waals surface area contributed by atoms with Crippen LogP contribution in [0.3, 0.4) is 0 Å². The van der Waals surface area contributed by atoms with E-state index in [9.17, 15) is 5.11 Å². The summed E-state index contributed by atoms with van der Waals surface area (Å²) in [5.74, 6) is 0.420. The molecule has 1 rings (SSSR count). The zero-order valence-electron chi connectivity index (χ0n) is 9.00. The molecule has 0 amide bonds. The third-order valence-electron chi connectivity index (χ3n) is 2.33. The molecule has 0 fully saturated rings. The van der Waals surface area contributed by atoms with E-state index in [1.807, 2.05) is 12.1 Å². The van der Waals surface area contributed by atoms with Crippen molar-refractivity contribution >= 4 is 23.2 Å². The van der Waals surface area contributed by atoms with Crippen molar-refractivity contribution in [1.82, 2.24) is 0 Å². The second-order valence-electron chi connectivity index (χ2n) is 4.13. The van der Waals surface area contributed by atoms with Crippen molar-refractivity contribution < 1.29 is 5.11 Å². The number of aliphatic hydroxyl groups excluding tert-OH is 1. The molecule has 84 valence electrons. The van der Waals surface area contributed by atoms with Gasteiger partial charge in [0.25, 0.3) is 0 Å². The van der Waals surface area contributed by atoms with E-state index >= 15 is 0 Å². The summed E-state index contributed by atoms with van der Waals surface area (Å²) in [5.41, 5.74) is 1.09. The van der Waals surface area contributed by atoms with Crippen LogP contribution in [-0.4, -0.2) is 11.2 Å². The second-order valence-corrected chi connectivity index (χ2v) is 4.97. The topological polar surface area (TPSA) is 20.2 Å². The summed E-state index contributed by atoms with van der Waals surface area (Å²) in [4.78, 5) is 0. The largest absolute Gasteiger partial charge is 0.393 e. The number of hydrogen-bond donors (Lipinski definition) is 1. The molecule has 0 saturated heterocycles. The maximum absolute atomic E-state index is 9.26. The van der Waals surface area contributed by atoms with Crippen LogP contribution in [0.2, 0.25) is 10.0 Å². The van der Waals surface area contributed by atoms with Crippen LogP contribution in [0.15, 0.2) is 18.2 Å². The van der Waals surface area contributed by atoms with Crippen LogP contribution in [0.25, 0.3) is 0 Å². The monoisotopic (exact) mass is 246 g/mol. The van der Waals surface area contributed by atoms with Gasteiger partial charge in [-0.15, -0.1) is 0 Å². The molecule has 3 heteroatoms. The molecule has 15 heavy (non-hydrogen) atoms. The highest BCUT2D eigenvalue weighted by Gasteiger charge is 2.09. The number of rotatable bonds is 4. The standard InChI is InChI=1S/C12H16Cl2O/c1-8(5-9(2)15)6-10-3-4-11(13)7-12(10)14/h3-4,7-9,15H,5-6H2,1-2H3. The van der Waals surface area contributed by atoms with E-state index in [1.165, 1.54) is 0 Å². The van der Waals surface area contributed by atoms with Crippen molar-refractivity contribution in [1.29, 1.82) is 0 Å². The van der Waals surface area contributed by atoms with Crippen molar-refractivity contribution in [2.45, 2.75) is 32.8 Å². The van der Waals surface area contributed by atoms with E-state index in [1.54, 1.807) is 13.0 Å². The maximum Gasteiger partial charge on any atom is 0.0514 e. The van der Waals surface area contributed by atoms with Gasteiger partial charge in [0.2, 0.25) is 0 Å². The Morgan fingerprint density at radius 1 is 1.27 bits per heavy atom. The Labute approximate surface area is 101 Å². The van der Waals surface area contributed by atoms with Crippen LogP contribution >= 0.6 is 23.2 Å². The summed E-state index contributed by atoms with van der Waals surface area (Å²) < 4.78 is 0. The van der Waals surface area contributed by atoms with Crippen LogP contribution in [0.1, 0.15) is 25.8 Å². The Morgan fingerprint density at radius 2 is 1.93 bits per heavy atom. The average molecular weight is 247 g/mol. The molecule has 0 radical (unpaired) electrons. The molecule has 1 nitrogen and oxygen atoms in total. The predicted molar refractivity (Wildman–Crippen MR) is 65.6 cm³/mol. The first-order chi connectivity index (χ1) is 6.99. The van der Waals surface area contributed by atoms with Gasteiger partial charge in [-0.2, -0.15) is 0 Å². The summed E-state index contributed by atoms with van der Waals surface area (Å²) in [5, 5.41) is 10.6. The van der Waals surface area contributed by atoms with E-state index in [0.717, 1.165) is 18.4 Å². The molecule has 1 aromatic carbocycles. The Balaban J connectivity index is 2.64. The fraction of sp³-hybridized carbons (Fsp3) is 0.500. The van der Waals surface area contributed by atoms with Crippen LogP contribution < -0.4 is 0 Å². The molecule has 2 unspecified atom stereocenters. The van der Waals surface area contributed by atoms with E-state index < -0.39 is 0 Å². The Morgan fingerprint density at radius 3 is 2.47 bits per heavy atom. The molecular formula is C12H16Cl2O. The SMILES string of the molecule is CC(O)CC(C)Cc1ccc(Cl)cc1Cl. The molecule has 1 N–H and O–H groups in total. The molecule has 0 saturated carbocycles. The summed E-state index contributed by atoms with van der Waals surface area (Å²) in [6, 6.07) is 5.55. The highest BCUT2D eigenvalue weighted by molar-refractivity contribution is 6.35. The fourth-order valence-corrected chi connectivity index (χ4v) is 2.21. The molecule has 0 spiro atoms. The van der Waals surface area contributed by atoms with Crippen molar-refractivity contribution in [3.63, 3.8) is 0 Å². The molecule has 1 aromatic rings. The number of hydrogen-bond acceptors (Lipinski definition) is 1.